The van der Waals surface area contributed by atoms with Crippen LogP contribution in [0.2, 0.25) is 5.02 Å². The van der Waals surface area contributed by atoms with Crippen molar-refractivity contribution in [2.45, 2.75) is 5.41 Å². The standard InChI is InChI=1S/C37H21ClO/c38-32-18-7-3-11-23(32)26-15-9-14-25-22-10-1-5-16-29(22)37(35(25)26)30-17-6-2-13-28(30)34-31(37)21-20-27-24-12-4-8-19-33(24)39-36(27)34/h1-21H. The molecule has 0 radical (unpaired) electrons. The van der Waals surface area contributed by atoms with Crippen LogP contribution < -0.4 is 0 Å². The Balaban J connectivity index is 1.51. The van der Waals surface area contributed by atoms with Crippen LogP contribution in [0.25, 0.3) is 55.3 Å². The lowest BCUT2D eigenvalue weighted by Crippen LogP contribution is -2.26. The van der Waals surface area contributed by atoms with Gasteiger partial charge in [-0.05, 0) is 56.6 Å². The van der Waals surface area contributed by atoms with E-state index in [-0.39, 0.29) is 0 Å². The summed E-state index contributed by atoms with van der Waals surface area (Å²) in [5.74, 6) is 0. The molecule has 6 aromatic carbocycles. The van der Waals surface area contributed by atoms with Crippen LogP contribution in [0.15, 0.2) is 132 Å². The summed E-state index contributed by atoms with van der Waals surface area (Å²) < 4.78 is 6.64. The molecule has 1 spiro atoms. The van der Waals surface area contributed by atoms with Gasteiger partial charge in [0.2, 0.25) is 0 Å². The van der Waals surface area contributed by atoms with E-state index in [2.05, 4.69) is 109 Å². The second-order valence-electron chi connectivity index (χ2n) is 10.5. The van der Waals surface area contributed by atoms with E-state index in [0.717, 1.165) is 32.5 Å². The Morgan fingerprint density at radius 3 is 1.90 bits per heavy atom. The number of hydrogen-bond acceptors (Lipinski definition) is 1. The summed E-state index contributed by atoms with van der Waals surface area (Å²) >= 11 is 6.88. The van der Waals surface area contributed by atoms with Crippen molar-refractivity contribution in [3.63, 3.8) is 0 Å². The molecule has 1 aromatic heterocycles. The topological polar surface area (TPSA) is 13.1 Å². The maximum Gasteiger partial charge on any atom is 0.143 e. The van der Waals surface area contributed by atoms with Crippen LogP contribution in [0.5, 0.6) is 0 Å². The first-order chi connectivity index (χ1) is 19.3. The molecule has 1 nitrogen and oxygen atoms in total. The number of rotatable bonds is 1. The van der Waals surface area contributed by atoms with Crippen molar-refractivity contribution in [2.24, 2.45) is 0 Å². The molecule has 2 heteroatoms. The van der Waals surface area contributed by atoms with Crippen LogP contribution in [0.1, 0.15) is 22.3 Å². The molecule has 9 rings (SSSR count). The lowest BCUT2D eigenvalue weighted by Gasteiger charge is -2.32. The molecule has 0 saturated carbocycles. The van der Waals surface area contributed by atoms with Crippen molar-refractivity contribution in [3.05, 3.63) is 155 Å². The maximum absolute atomic E-state index is 6.88. The zero-order valence-corrected chi connectivity index (χ0v) is 21.7. The van der Waals surface area contributed by atoms with Gasteiger partial charge < -0.3 is 4.42 Å². The van der Waals surface area contributed by atoms with Gasteiger partial charge in [-0.1, -0.05) is 127 Å². The fourth-order valence-corrected chi connectivity index (χ4v) is 7.60. The van der Waals surface area contributed by atoms with E-state index in [0.29, 0.717) is 0 Å². The number of hydrogen-bond donors (Lipinski definition) is 0. The molecule has 39 heavy (non-hydrogen) atoms. The SMILES string of the molecule is Clc1ccccc1-c1cccc2c1C1(c3ccccc3-2)c2ccccc2-c2c1ccc1c2oc2ccccc21. The maximum atomic E-state index is 6.88. The first-order valence-corrected chi connectivity index (χ1v) is 13.7. The number of furan rings is 1. The first kappa shape index (κ1) is 21.4. The molecule has 2 aliphatic rings. The van der Waals surface area contributed by atoms with Crippen LogP contribution >= 0.6 is 11.6 Å². The Bertz CT molecular complexity index is 2150. The number of fused-ring (bicyclic) bond motifs is 14. The molecular weight excluding hydrogens is 496 g/mol. The van der Waals surface area contributed by atoms with Gasteiger partial charge in [0, 0.05) is 26.9 Å². The van der Waals surface area contributed by atoms with Crippen molar-refractivity contribution in [2.75, 3.05) is 0 Å². The molecular formula is C37H21ClO. The third-order valence-electron chi connectivity index (χ3n) is 8.78. The molecule has 0 N–H and O–H groups in total. The summed E-state index contributed by atoms with van der Waals surface area (Å²) in [5.41, 5.74) is 13.7. The molecule has 1 atom stereocenters. The molecule has 0 amide bonds. The van der Waals surface area contributed by atoms with Crippen molar-refractivity contribution in [1.82, 2.24) is 0 Å². The normalized spacial score (nSPS) is 16.4. The number of benzene rings is 6. The van der Waals surface area contributed by atoms with E-state index < -0.39 is 5.41 Å². The summed E-state index contributed by atoms with van der Waals surface area (Å²) in [6.07, 6.45) is 0. The van der Waals surface area contributed by atoms with E-state index in [1.165, 1.54) is 50.1 Å². The lowest BCUT2D eigenvalue weighted by atomic mass is 9.68. The second kappa shape index (κ2) is 7.50. The highest BCUT2D eigenvalue weighted by molar-refractivity contribution is 6.33. The lowest BCUT2D eigenvalue weighted by molar-refractivity contribution is 0.669. The van der Waals surface area contributed by atoms with E-state index in [1.807, 2.05) is 18.2 Å². The average molecular weight is 517 g/mol. The molecule has 0 fully saturated rings. The zero-order chi connectivity index (χ0) is 25.7. The second-order valence-corrected chi connectivity index (χ2v) is 10.9. The zero-order valence-electron chi connectivity index (χ0n) is 20.9. The molecule has 1 unspecified atom stereocenters. The van der Waals surface area contributed by atoms with Gasteiger partial charge in [-0.15, -0.1) is 0 Å². The number of halogens is 1. The van der Waals surface area contributed by atoms with Crippen molar-refractivity contribution < 1.29 is 4.42 Å². The fraction of sp³-hybridized carbons (Fsp3) is 0.0270. The minimum absolute atomic E-state index is 0.485. The Morgan fingerprint density at radius 1 is 0.462 bits per heavy atom. The molecule has 7 aromatic rings. The summed E-state index contributed by atoms with van der Waals surface area (Å²) in [5, 5.41) is 3.07. The summed E-state index contributed by atoms with van der Waals surface area (Å²) in [7, 11) is 0. The van der Waals surface area contributed by atoms with Gasteiger partial charge in [0.25, 0.3) is 0 Å². The van der Waals surface area contributed by atoms with E-state index in [4.69, 9.17) is 16.0 Å². The van der Waals surface area contributed by atoms with Crippen LogP contribution in [0.4, 0.5) is 0 Å². The Kier molecular flexibility index (Phi) is 4.11. The van der Waals surface area contributed by atoms with Crippen molar-refractivity contribution in [3.8, 4) is 33.4 Å². The van der Waals surface area contributed by atoms with Gasteiger partial charge in [0.15, 0.2) is 0 Å². The minimum atomic E-state index is -0.485. The Morgan fingerprint density at radius 2 is 1.08 bits per heavy atom. The predicted octanol–water partition coefficient (Wildman–Crippen LogP) is 10.2. The first-order valence-electron chi connectivity index (χ1n) is 13.3. The highest BCUT2D eigenvalue weighted by Crippen LogP contribution is 2.65. The molecule has 0 bridgehead atoms. The van der Waals surface area contributed by atoms with Crippen LogP contribution in [-0.4, -0.2) is 0 Å². The predicted molar refractivity (Wildman–Crippen MR) is 160 cm³/mol. The van der Waals surface area contributed by atoms with Crippen LogP contribution in [0.3, 0.4) is 0 Å². The Hall–Kier alpha value is -4.59. The van der Waals surface area contributed by atoms with Gasteiger partial charge in [-0.25, -0.2) is 0 Å². The molecule has 2 aliphatic carbocycles. The van der Waals surface area contributed by atoms with E-state index in [9.17, 15) is 0 Å². The van der Waals surface area contributed by atoms with Gasteiger partial charge in [-0.3, -0.25) is 0 Å². The number of para-hydroxylation sites is 1. The monoisotopic (exact) mass is 516 g/mol. The van der Waals surface area contributed by atoms with Crippen molar-refractivity contribution >= 4 is 33.5 Å². The summed E-state index contributed by atoms with van der Waals surface area (Å²) in [6, 6.07) is 45.6. The highest BCUT2D eigenvalue weighted by Gasteiger charge is 2.53. The van der Waals surface area contributed by atoms with Crippen LogP contribution in [0, 0.1) is 0 Å². The van der Waals surface area contributed by atoms with E-state index >= 15 is 0 Å². The average Bonchev–Trinajstić information content (AvgIpc) is 3.61. The van der Waals surface area contributed by atoms with Crippen molar-refractivity contribution in [1.29, 1.82) is 0 Å². The van der Waals surface area contributed by atoms with Crippen LogP contribution in [-0.2, 0) is 5.41 Å². The Labute approximate surface area is 230 Å². The molecule has 0 saturated heterocycles. The molecule has 1 heterocycles. The van der Waals surface area contributed by atoms with Gasteiger partial charge in [-0.2, -0.15) is 0 Å². The van der Waals surface area contributed by atoms with E-state index in [1.54, 1.807) is 0 Å². The fourth-order valence-electron chi connectivity index (χ4n) is 7.37. The van der Waals surface area contributed by atoms with Gasteiger partial charge in [0.1, 0.15) is 11.2 Å². The van der Waals surface area contributed by atoms with Gasteiger partial charge in [0.05, 0.1) is 5.41 Å². The highest BCUT2D eigenvalue weighted by atomic mass is 35.5. The quantitative estimate of drug-likeness (QED) is 0.211. The van der Waals surface area contributed by atoms with Gasteiger partial charge >= 0.3 is 0 Å². The summed E-state index contributed by atoms with van der Waals surface area (Å²) in [6.45, 7) is 0. The summed E-state index contributed by atoms with van der Waals surface area (Å²) in [4.78, 5) is 0. The largest absolute Gasteiger partial charge is 0.455 e. The third-order valence-corrected chi connectivity index (χ3v) is 9.11. The third kappa shape index (κ3) is 2.52. The molecule has 0 aliphatic heterocycles. The molecule has 182 valence electrons. The smallest absolute Gasteiger partial charge is 0.143 e. The minimum Gasteiger partial charge on any atom is -0.455 e.